The Bertz CT molecular complexity index is 962. The molecule has 0 bridgehead atoms. The molecule has 2 unspecified atom stereocenters. The van der Waals surface area contributed by atoms with Gasteiger partial charge in [-0.05, 0) is 36.5 Å². The first-order chi connectivity index (χ1) is 18.4. The van der Waals surface area contributed by atoms with Crippen LogP contribution in [0.3, 0.4) is 0 Å². The van der Waals surface area contributed by atoms with Gasteiger partial charge in [0.25, 0.3) is 0 Å². The van der Waals surface area contributed by atoms with E-state index < -0.39 is 29.6 Å². The number of carbonyl (C=O) groups is 4. The van der Waals surface area contributed by atoms with Gasteiger partial charge >= 0.3 is 24.1 Å². The first-order valence-corrected chi connectivity index (χ1v) is 13.6. The molecule has 0 fully saturated rings. The van der Waals surface area contributed by atoms with Crippen molar-refractivity contribution in [3.8, 4) is 11.5 Å². The van der Waals surface area contributed by atoms with E-state index in [1.807, 2.05) is 27.7 Å². The lowest BCUT2D eigenvalue weighted by atomic mass is 9.88. The Labute approximate surface area is 231 Å². The predicted molar refractivity (Wildman–Crippen MR) is 145 cm³/mol. The molecule has 1 aromatic carbocycles. The molecule has 0 heterocycles. The number of methoxy groups -OCH3 is 1. The second-order valence-electron chi connectivity index (χ2n) is 10.4. The van der Waals surface area contributed by atoms with Crippen molar-refractivity contribution < 1.29 is 42.9 Å². The largest absolute Gasteiger partial charge is 0.508 e. The van der Waals surface area contributed by atoms with Crippen LogP contribution >= 0.6 is 0 Å². The van der Waals surface area contributed by atoms with E-state index in [0.717, 1.165) is 12.8 Å². The van der Waals surface area contributed by atoms with Crippen molar-refractivity contribution in [2.24, 2.45) is 23.5 Å². The fourth-order valence-electron chi connectivity index (χ4n) is 3.77. The van der Waals surface area contributed by atoms with E-state index in [9.17, 15) is 19.2 Å². The molecule has 10 nitrogen and oxygen atoms in total. The van der Waals surface area contributed by atoms with Crippen LogP contribution in [0.4, 0.5) is 4.79 Å². The van der Waals surface area contributed by atoms with Gasteiger partial charge in [0.15, 0.2) is 11.5 Å². The fourth-order valence-corrected chi connectivity index (χ4v) is 3.77. The molecule has 0 aliphatic carbocycles. The highest BCUT2D eigenvalue weighted by Crippen LogP contribution is 2.32. The average molecular weight is 552 g/mol. The molecule has 0 saturated heterocycles. The molecule has 0 aliphatic heterocycles. The lowest BCUT2D eigenvalue weighted by Crippen LogP contribution is -2.51. The summed E-state index contributed by atoms with van der Waals surface area (Å²) < 4.78 is 26.2. The van der Waals surface area contributed by atoms with E-state index in [1.165, 1.54) is 19.2 Å². The van der Waals surface area contributed by atoms with Crippen LogP contribution in [0.1, 0.15) is 79.2 Å². The van der Waals surface area contributed by atoms with Crippen LogP contribution in [0.5, 0.6) is 11.5 Å². The summed E-state index contributed by atoms with van der Waals surface area (Å²) in [4.78, 5) is 49.7. The second kappa shape index (κ2) is 16.7. The molecule has 0 spiro atoms. The molecule has 0 amide bonds. The van der Waals surface area contributed by atoms with Crippen molar-refractivity contribution in [2.45, 2.75) is 85.6 Å². The number of hydrogen-bond donors (Lipinski definition) is 1. The minimum Gasteiger partial charge on any atom is -0.468 e. The number of hydrogen-bond acceptors (Lipinski definition) is 10. The average Bonchev–Trinajstić information content (AvgIpc) is 2.88. The summed E-state index contributed by atoms with van der Waals surface area (Å²) in [5.74, 6) is -2.01. The quantitative estimate of drug-likeness (QED) is 0.221. The zero-order chi connectivity index (χ0) is 29.6. The van der Waals surface area contributed by atoms with Crippen molar-refractivity contribution in [1.29, 1.82) is 0 Å². The number of rotatable bonds is 16. The van der Waals surface area contributed by atoms with Crippen LogP contribution in [0.2, 0.25) is 0 Å². The molecule has 0 aliphatic rings. The topological polar surface area (TPSA) is 140 Å². The molecule has 2 N–H and O–H groups in total. The van der Waals surface area contributed by atoms with Gasteiger partial charge in [-0.2, -0.15) is 0 Å². The van der Waals surface area contributed by atoms with Crippen LogP contribution in [-0.4, -0.2) is 49.9 Å². The maximum absolute atomic E-state index is 12.7. The Morgan fingerprint density at radius 1 is 0.872 bits per heavy atom. The number of esters is 3. The number of nitrogens with two attached hydrogens (primary N) is 1. The van der Waals surface area contributed by atoms with Crippen molar-refractivity contribution >= 4 is 24.1 Å². The normalized spacial score (nSPS) is 14.1. The summed E-state index contributed by atoms with van der Waals surface area (Å²) in [5, 5.41) is 0. The van der Waals surface area contributed by atoms with E-state index in [1.54, 1.807) is 19.9 Å². The Hall–Kier alpha value is -3.14. The molecule has 10 heteroatoms. The lowest BCUT2D eigenvalue weighted by Gasteiger charge is -2.27. The molecule has 0 aromatic heterocycles. The summed E-state index contributed by atoms with van der Waals surface area (Å²) in [6.07, 6.45) is 1.97. The summed E-state index contributed by atoms with van der Waals surface area (Å²) in [6, 6.07) is 4.66. The van der Waals surface area contributed by atoms with Crippen molar-refractivity contribution in [3.05, 3.63) is 23.8 Å². The van der Waals surface area contributed by atoms with E-state index in [0.29, 0.717) is 18.4 Å². The third-order valence-corrected chi connectivity index (χ3v) is 6.09. The van der Waals surface area contributed by atoms with Gasteiger partial charge in [-0.25, -0.2) is 4.79 Å². The Morgan fingerprint density at radius 3 is 1.95 bits per heavy atom. The van der Waals surface area contributed by atoms with Gasteiger partial charge in [0.1, 0.15) is 5.54 Å². The lowest BCUT2D eigenvalue weighted by molar-refractivity contribution is -0.148. The Balaban J connectivity index is 3.18. The van der Waals surface area contributed by atoms with Gasteiger partial charge in [-0.3, -0.25) is 14.4 Å². The SMILES string of the molecule is CCCC(C)C(=O)Oc1ccc(C[C@](N)(CCOC(=O)OCC(C)C)C(=O)OC)cc1OC(=O)C(C)CCC. The molecular formula is C29H45NO9. The van der Waals surface area contributed by atoms with Crippen LogP contribution in [0, 0.1) is 17.8 Å². The predicted octanol–water partition coefficient (Wildman–Crippen LogP) is 4.98. The van der Waals surface area contributed by atoms with Crippen molar-refractivity contribution in [1.82, 2.24) is 0 Å². The van der Waals surface area contributed by atoms with Crippen LogP contribution in [0.15, 0.2) is 18.2 Å². The fraction of sp³-hybridized carbons (Fsp3) is 0.655. The minimum absolute atomic E-state index is 0.0282. The molecule has 1 aromatic rings. The van der Waals surface area contributed by atoms with Crippen LogP contribution in [-0.2, 0) is 35.0 Å². The third kappa shape index (κ3) is 11.6. The third-order valence-electron chi connectivity index (χ3n) is 6.09. The molecule has 39 heavy (non-hydrogen) atoms. The highest BCUT2D eigenvalue weighted by molar-refractivity contribution is 5.81. The molecule has 220 valence electrons. The Kier molecular flexibility index (Phi) is 14.5. The van der Waals surface area contributed by atoms with Gasteiger partial charge in [0.2, 0.25) is 0 Å². The summed E-state index contributed by atoms with van der Waals surface area (Å²) >= 11 is 0. The number of ether oxygens (including phenoxy) is 5. The first kappa shape index (κ1) is 33.9. The summed E-state index contributed by atoms with van der Waals surface area (Å²) in [5.41, 5.74) is 5.39. The molecule has 1 rings (SSSR count). The summed E-state index contributed by atoms with van der Waals surface area (Å²) in [6.45, 7) is 11.3. The number of carbonyl (C=O) groups excluding carboxylic acids is 4. The highest BCUT2D eigenvalue weighted by Gasteiger charge is 2.36. The Morgan fingerprint density at radius 2 is 1.44 bits per heavy atom. The molecule has 3 atom stereocenters. The highest BCUT2D eigenvalue weighted by atomic mass is 16.7. The monoisotopic (exact) mass is 551 g/mol. The van der Waals surface area contributed by atoms with Gasteiger partial charge in [-0.15, -0.1) is 0 Å². The van der Waals surface area contributed by atoms with Crippen molar-refractivity contribution in [3.63, 3.8) is 0 Å². The van der Waals surface area contributed by atoms with E-state index in [-0.39, 0.29) is 55.3 Å². The summed E-state index contributed by atoms with van der Waals surface area (Å²) in [7, 11) is 1.21. The maximum Gasteiger partial charge on any atom is 0.508 e. The van der Waals surface area contributed by atoms with E-state index in [4.69, 9.17) is 29.4 Å². The standard InChI is InChI=1S/C29H45NO9/c1-8-10-20(5)25(31)38-23-13-12-22(16-24(23)39-26(32)21(6)11-9-2)17-29(30,27(33)35-7)14-15-36-28(34)37-18-19(3)4/h12-13,16,19-21H,8-11,14-15,17-18,30H2,1-7H3/t20?,21?,29-/m1/s1. The zero-order valence-corrected chi connectivity index (χ0v) is 24.4. The van der Waals surface area contributed by atoms with E-state index in [2.05, 4.69) is 0 Å². The second-order valence-corrected chi connectivity index (χ2v) is 10.4. The van der Waals surface area contributed by atoms with Gasteiger partial charge in [0, 0.05) is 12.8 Å². The maximum atomic E-state index is 12.7. The molecular weight excluding hydrogens is 506 g/mol. The molecule has 0 radical (unpaired) electrons. The molecule has 0 saturated carbocycles. The zero-order valence-electron chi connectivity index (χ0n) is 24.4. The van der Waals surface area contributed by atoms with Crippen LogP contribution in [0.25, 0.3) is 0 Å². The van der Waals surface area contributed by atoms with Gasteiger partial charge < -0.3 is 29.4 Å². The van der Waals surface area contributed by atoms with Gasteiger partial charge in [0.05, 0.1) is 32.2 Å². The smallest absolute Gasteiger partial charge is 0.468 e. The minimum atomic E-state index is -1.56. The van der Waals surface area contributed by atoms with Crippen LogP contribution < -0.4 is 15.2 Å². The number of benzene rings is 1. The van der Waals surface area contributed by atoms with E-state index >= 15 is 0 Å². The van der Waals surface area contributed by atoms with Crippen molar-refractivity contribution in [2.75, 3.05) is 20.3 Å². The van der Waals surface area contributed by atoms with Gasteiger partial charge in [-0.1, -0.05) is 60.5 Å². The first-order valence-electron chi connectivity index (χ1n) is 13.6.